The first-order chi connectivity index (χ1) is 13.6. The normalized spacial score (nSPS) is 10.8. The van der Waals surface area contributed by atoms with Crippen molar-refractivity contribution in [1.29, 1.82) is 0 Å². The minimum Gasteiger partial charge on any atom is -0.375 e. The molecule has 29 heavy (non-hydrogen) atoms. The van der Waals surface area contributed by atoms with Gasteiger partial charge in [-0.05, 0) is 36.4 Å². The lowest BCUT2D eigenvalue weighted by Gasteiger charge is -2.20. The van der Waals surface area contributed by atoms with E-state index in [1.54, 1.807) is 30.3 Å². The zero-order valence-electron chi connectivity index (χ0n) is 17.4. The maximum atomic E-state index is 11.8. The van der Waals surface area contributed by atoms with Crippen molar-refractivity contribution in [3.63, 3.8) is 0 Å². The topological polar surface area (TPSA) is 60.0 Å². The van der Waals surface area contributed by atoms with Crippen LogP contribution in [0, 0.1) is 0 Å². The monoisotopic (exact) mass is 529 g/mol. The van der Waals surface area contributed by atoms with Crippen molar-refractivity contribution in [3.8, 4) is 0 Å². The molecule has 2 aromatic rings. The number of likely N-dealkylation sites (N-methyl/N-ethyl adjacent to an activating group) is 1. The van der Waals surface area contributed by atoms with Crippen molar-refractivity contribution >= 4 is 52.9 Å². The van der Waals surface area contributed by atoms with Crippen LogP contribution in [0.2, 0.25) is 0 Å². The van der Waals surface area contributed by atoms with E-state index >= 15 is 0 Å². The fourth-order valence-corrected chi connectivity index (χ4v) is 3.26. The molecule has 0 saturated carbocycles. The second-order valence-electron chi connectivity index (χ2n) is 6.75. The Labute approximate surface area is 195 Å². The van der Waals surface area contributed by atoms with Crippen LogP contribution in [-0.2, 0) is 11.2 Å². The summed E-state index contributed by atoms with van der Waals surface area (Å²) < 4.78 is 0. The van der Waals surface area contributed by atoms with Crippen LogP contribution < -0.4 is 15.5 Å². The minimum atomic E-state index is -0.0110. The first-order valence-corrected chi connectivity index (χ1v) is 10.4. The van der Waals surface area contributed by atoms with E-state index in [0.29, 0.717) is 5.96 Å². The fourth-order valence-electron chi connectivity index (χ4n) is 2.56. The third kappa shape index (κ3) is 9.98. The molecular formula is C21H32IN5OS. The average Bonchev–Trinajstić information content (AvgIpc) is 3.22. The molecule has 6 nitrogen and oxygen atoms in total. The summed E-state index contributed by atoms with van der Waals surface area (Å²) in [7, 11) is 5.59. The van der Waals surface area contributed by atoms with Crippen LogP contribution >= 0.6 is 35.3 Å². The first-order valence-electron chi connectivity index (χ1n) is 9.57. The number of amides is 1. The van der Waals surface area contributed by atoms with E-state index in [9.17, 15) is 4.79 Å². The number of carbonyl (C=O) groups excluding carboxylic acids is 1. The van der Waals surface area contributed by atoms with Crippen molar-refractivity contribution in [2.45, 2.75) is 12.8 Å². The summed E-state index contributed by atoms with van der Waals surface area (Å²) in [4.78, 5) is 21.4. The van der Waals surface area contributed by atoms with Gasteiger partial charge in [-0.25, -0.2) is 4.99 Å². The highest BCUT2D eigenvalue weighted by atomic mass is 127. The van der Waals surface area contributed by atoms with Crippen LogP contribution in [0.4, 0.5) is 5.69 Å². The summed E-state index contributed by atoms with van der Waals surface area (Å²) in [5.74, 6) is 0.678. The zero-order chi connectivity index (χ0) is 20.2. The van der Waals surface area contributed by atoms with Crippen molar-refractivity contribution < 1.29 is 4.79 Å². The maximum Gasteiger partial charge on any atom is 0.243 e. The maximum absolute atomic E-state index is 11.8. The number of anilines is 1. The van der Waals surface area contributed by atoms with E-state index in [1.807, 2.05) is 18.2 Å². The number of nitrogens with one attached hydrogen (secondary N) is 2. The lowest BCUT2D eigenvalue weighted by molar-refractivity contribution is -0.127. The molecule has 2 N–H and O–H groups in total. The molecule has 0 aliphatic rings. The second kappa shape index (κ2) is 14.2. The molecule has 0 unspecified atom stereocenters. The number of para-hydroxylation sites is 1. The fraction of sp³-hybridized carbons (Fsp3) is 0.429. The van der Waals surface area contributed by atoms with Gasteiger partial charge in [-0.1, -0.05) is 24.3 Å². The highest BCUT2D eigenvalue weighted by Crippen LogP contribution is 2.10. The van der Waals surface area contributed by atoms with Gasteiger partial charge in [0.1, 0.15) is 6.54 Å². The Morgan fingerprint density at radius 2 is 1.76 bits per heavy atom. The highest BCUT2D eigenvalue weighted by Gasteiger charge is 2.05. The van der Waals surface area contributed by atoms with Crippen LogP contribution in [0.3, 0.4) is 0 Å². The van der Waals surface area contributed by atoms with Gasteiger partial charge in [0, 0.05) is 51.3 Å². The third-order valence-corrected chi connectivity index (χ3v) is 5.21. The zero-order valence-corrected chi connectivity index (χ0v) is 20.6. The van der Waals surface area contributed by atoms with E-state index in [2.05, 4.69) is 57.2 Å². The number of aliphatic imine (C=N–C) groups is 1. The van der Waals surface area contributed by atoms with Crippen molar-refractivity contribution in [1.82, 2.24) is 15.5 Å². The number of thiophene rings is 1. The molecule has 0 aliphatic carbocycles. The van der Waals surface area contributed by atoms with Crippen LogP contribution in [-0.4, -0.2) is 64.1 Å². The Kier molecular flexibility index (Phi) is 12.4. The highest BCUT2D eigenvalue weighted by molar-refractivity contribution is 14.0. The Hall–Kier alpha value is -1.81. The molecular weight excluding hydrogens is 497 g/mol. The SMILES string of the molecule is CN(C)C(=O)CN=C(NCCCN(C)c1ccccc1)NCCc1cccs1.I. The van der Waals surface area contributed by atoms with Gasteiger partial charge in [0.25, 0.3) is 0 Å². The summed E-state index contributed by atoms with van der Waals surface area (Å²) in [6.07, 6.45) is 1.91. The average molecular weight is 529 g/mol. The van der Waals surface area contributed by atoms with Gasteiger partial charge < -0.3 is 20.4 Å². The molecule has 1 aromatic heterocycles. The van der Waals surface area contributed by atoms with E-state index in [-0.39, 0.29) is 36.4 Å². The molecule has 0 spiro atoms. The Morgan fingerprint density at radius 1 is 1.03 bits per heavy atom. The number of benzene rings is 1. The predicted molar refractivity (Wildman–Crippen MR) is 135 cm³/mol. The Morgan fingerprint density at radius 3 is 2.41 bits per heavy atom. The quantitative estimate of drug-likeness (QED) is 0.215. The van der Waals surface area contributed by atoms with Crippen LogP contribution in [0.25, 0.3) is 0 Å². The molecule has 160 valence electrons. The Bertz CT molecular complexity index is 722. The predicted octanol–water partition coefficient (Wildman–Crippen LogP) is 3.06. The van der Waals surface area contributed by atoms with Gasteiger partial charge in [-0.3, -0.25) is 4.79 Å². The number of carbonyl (C=O) groups is 1. The van der Waals surface area contributed by atoms with Crippen molar-refractivity contribution in [2.75, 3.05) is 52.2 Å². The summed E-state index contributed by atoms with van der Waals surface area (Å²) in [6, 6.07) is 14.5. The number of halogens is 1. The summed E-state index contributed by atoms with van der Waals surface area (Å²) in [5.41, 5.74) is 1.21. The number of rotatable bonds is 10. The molecule has 0 bridgehead atoms. The largest absolute Gasteiger partial charge is 0.375 e. The second-order valence-corrected chi connectivity index (χ2v) is 7.78. The molecule has 1 heterocycles. The first kappa shape index (κ1) is 25.2. The molecule has 1 amide bonds. The van der Waals surface area contributed by atoms with E-state index in [1.165, 1.54) is 10.6 Å². The Balaban J connectivity index is 0.00000420. The van der Waals surface area contributed by atoms with Gasteiger partial charge in [-0.15, -0.1) is 35.3 Å². The molecule has 1 aromatic carbocycles. The van der Waals surface area contributed by atoms with Gasteiger partial charge in [0.05, 0.1) is 0 Å². The lowest BCUT2D eigenvalue weighted by atomic mass is 10.3. The van der Waals surface area contributed by atoms with E-state index in [0.717, 1.165) is 32.5 Å². The van der Waals surface area contributed by atoms with Gasteiger partial charge in [0.15, 0.2) is 5.96 Å². The van der Waals surface area contributed by atoms with Crippen LogP contribution in [0.5, 0.6) is 0 Å². The third-order valence-electron chi connectivity index (χ3n) is 4.27. The summed E-state index contributed by atoms with van der Waals surface area (Å²) >= 11 is 1.75. The van der Waals surface area contributed by atoms with Crippen molar-refractivity contribution in [3.05, 3.63) is 52.7 Å². The smallest absolute Gasteiger partial charge is 0.243 e. The molecule has 2 rings (SSSR count). The van der Waals surface area contributed by atoms with E-state index < -0.39 is 0 Å². The molecule has 8 heteroatoms. The van der Waals surface area contributed by atoms with Gasteiger partial charge in [-0.2, -0.15) is 0 Å². The number of guanidine groups is 1. The molecule has 0 radical (unpaired) electrons. The molecule has 0 atom stereocenters. The van der Waals surface area contributed by atoms with E-state index in [4.69, 9.17) is 0 Å². The molecule has 0 fully saturated rings. The summed E-state index contributed by atoms with van der Waals surface area (Å²) in [5, 5.41) is 8.76. The van der Waals surface area contributed by atoms with Crippen LogP contribution in [0.15, 0.2) is 52.8 Å². The molecule has 0 saturated heterocycles. The van der Waals surface area contributed by atoms with Crippen LogP contribution in [0.1, 0.15) is 11.3 Å². The number of nitrogens with zero attached hydrogens (tertiary/aromatic N) is 3. The van der Waals surface area contributed by atoms with Gasteiger partial charge in [0.2, 0.25) is 5.91 Å². The van der Waals surface area contributed by atoms with Gasteiger partial charge >= 0.3 is 0 Å². The van der Waals surface area contributed by atoms with Crippen molar-refractivity contribution in [2.24, 2.45) is 4.99 Å². The standard InChI is InChI=1S/C21H31N5OS.HI/c1-25(2)20(27)17-24-21(23-14-12-19-11-7-16-28-19)22-13-8-15-26(3)18-9-5-4-6-10-18;/h4-7,9-11,16H,8,12-15,17H2,1-3H3,(H2,22,23,24);1H. The number of hydrogen-bond donors (Lipinski definition) is 2. The number of hydrogen-bond acceptors (Lipinski definition) is 4. The lowest BCUT2D eigenvalue weighted by Crippen LogP contribution is -2.40. The summed E-state index contributed by atoms with van der Waals surface area (Å²) in [6.45, 7) is 2.66. The molecule has 0 aliphatic heterocycles. The minimum absolute atomic E-state index is 0.